The largest absolute Gasteiger partial charge is 0.361 e. The van der Waals surface area contributed by atoms with Crippen LogP contribution in [0.5, 0.6) is 0 Å². The summed E-state index contributed by atoms with van der Waals surface area (Å²) >= 11 is 0. The first-order valence-electron chi connectivity index (χ1n) is 7.49. The highest BCUT2D eigenvalue weighted by atomic mass is 16.5. The predicted octanol–water partition coefficient (Wildman–Crippen LogP) is 3.70. The number of nitrogens with zero attached hydrogens (tertiary/aromatic N) is 3. The second-order valence-electron chi connectivity index (χ2n) is 7.02. The summed E-state index contributed by atoms with van der Waals surface area (Å²) in [6.07, 6.45) is 1.93. The van der Waals surface area contributed by atoms with Gasteiger partial charge < -0.3 is 9.51 Å². The van der Waals surface area contributed by atoms with Crippen LogP contribution in [-0.2, 0) is 6.54 Å². The van der Waals surface area contributed by atoms with Gasteiger partial charge in [-0.1, -0.05) is 38.1 Å². The highest BCUT2D eigenvalue weighted by Gasteiger charge is 2.16. The van der Waals surface area contributed by atoms with E-state index in [-0.39, 0.29) is 5.41 Å². The molecule has 0 atom stereocenters. The molecule has 116 valence electrons. The lowest BCUT2D eigenvalue weighted by Gasteiger charge is -2.25. The molecule has 0 bridgehead atoms. The van der Waals surface area contributed by atoms with Crippen molar-refractivity contribution in [3.8, 4) is 11.4 Å². The van der Waals surface area contributed by atoms with E-state index in [0.717, 1.165) is 17.6 Å². The van der Waals surface area contributed by atoms with Crippen LogP contribution in [0.2, 0.25) is 0 Å². The molecule has 0 spiro atoms. The normalized spacial score (nSPS) is 12.4. The second kappa shape index (κ2) is 5.57. The number of benzene rings is 1. The van der Waals surface area contributed by atoms with Crippen molar-refractivity contribution in [2.24, 2.45) is 5.41 Å². The lowest BCUT2D eigenvalue weighted by atomic mass is 9.96. The number of H-pyrrole nitrogens is 1. The zero-order valence-electron chi connectivity index (χ0n) is 13.6. The monoisotopic (exact) mass is 298 g/mol. The highest BCUT2D eigenvalue weighted by molar-refractivity contribution is 5.83. The van der Waals surface area contributed by atoms with Gasteiger partial charge in [-0.2, -0.15) is 4.98 Å². The average Bonchev–Trinajstić information content (AvgIpc) is 3.03. The van der Waals surface area contributed by atoms with Crippen LogP contribution >= 0.6 is 0 Å². The Morgan fingerprint density at radius 2 is 2.05 bits per heavy atom. The number of aromatic nitrogens is 3. The maximum absolute atomic E-state index is 5.38. The van der Waals surface area contributed by atoms with E-state index in [1.807, 2.05) is 24.4 Å². The first kappa shape index (κ1) is 14.8. The van der Waals surface area contributed by atoms with E-state index < -0.39 is 0 Å². The second-order valence-corrected chi connectivity index (χ2v) is 7.02. The molecule has 5 nitrogen and oxygen atoms in total. The zero-order chi connectivity index (χ0) is 15.7. The van der Waals surface area contributed by atoms with Gasteiger partial charge in [0.2, 0.25) is 11.7 Å². The Bertz CT molecular complexity index is 766. The van der Waals surface area contributed by atoms with Crippen molar-refractivity contribution in [1.82, 2.24) is 20.0 Å². The molecule has 1 N–H and O–H groups in total. The summed E-state index contributed by atoms with van der Waals surface area (Å²) in [5, 5.41) is 5.28. The maximum Gasteiger partial charge on any atom is 0.241 e. The van der Waals surface area contributed by atoms with Crippen LogP contribution < -0.4 is 0 Å². The van der Waals surface area contributed by atoms with E-state index >= 15 is 0 Å². The zero-order valence-corrected chi connectivity index (χ0v) is 13.6. The number of hydrogen-bond acceptors (Lipinski definition) is 4. The van der Waals surface area contributed by atoms with Crippen LogP contribution in [0.1, 0.15) is 26.7 Å². The van der Waals surface area contributed by atoms with Crippen LogP contribution in [-0.4, -0.2) is 33.6 Å². The molecule has 0 saturated heterocycles. The molecule has 22 heavy (non-hydrogen) atoms. The van der Waals surface area contributed by atoms with Crippen LogP contribution in [0.4, 0.5) is 0 Å². The fraction of sp³-hybridized carbons (Fsp3) is 0.412. The molecule has 2 aromatic heterocycles. The van der Waals surface area contributed by atoms with Crippen LogP contribution in [0.15, 0.2) is 35.0 Å². The van der Waals surface area contributed by atoms with Gasteiger partial charge in [-0.05, 0) is 30.0 Å². The van der Waals surface area contributed by atoms with E-state index in [2.05, 4.69) is 53.9 Å². The third kappa shape index (κ3) is 3.36. The van der Waals surface area contributed by atoms with E-state index in [1.54, 1.807) is 0 Å². The van der Waals surface area contributed by atoms with Gasteiger partial charge >= 0.3 is 0 Å². The molecular formula is C17H22N4O. The van der Waals surface area contributed by atoms with Gasteiger partial charge in [0.25, 0.3) is 0 Å². The number of fused-ring (bicyclic) bond motifs is 1. The van der Waals surface area contributed by atoms with Gasteiger partial charge in [0, 0.05) is 23.8 Å². The molecule has 0 saturated carbocycles. The summed E-state index contributed by atoms with van der Waals surface area (Å²) in [6, 6.07) is 8.16. The standard InChI is InChI=1S/C17H22N4O/c1-17(2,3)11-21(4)10-15-19-16(20-22-15)13-6-5-12-7-8-18-14(12)9-13/h5-9,18H,10-11H2,1-4H3. The Kier molecular flexibility index (Phi) is 3.74. The molecule has 0 amide bonds. The van der Waals surface area contributed by atoms with Crippen molar-refractivity contribution in [2.45, 2.75) is 27.3 Å². The van der Waals surface area contributed by atoms with Gasteiger partial charge in [0.1, 0.15) is 0 Å². The van der Waals surface area contributed by atoms with Crippen molar-refractivity contribution in [3.63, 3.8) is 0 Å². The molecule has 0 fully saturated rings. The first-order chi connectivity index (χ1) is 10.4. The van der Waals surface area contributed by atoms with Crippen molar-refractivity contribution in [2.75, 3.05) is 13.6 Å². The molecule has 0 aliphatic rings. The molecular weight excluding hydrogens is 276 g/mol. The topological polar surface area (TPSA) is 58.0 Å². The Morgan fingerprint density at radius 1 is 1.23 bits per heavy atom. The van der Waals surface area contributed by atoms with E-state index in [4.69, 9.17) is 4.52 Å². The van der Waals surface area contributed by atoms with E-state index in [1.165, 1.54) is 5.39 Å². The quantitative estimate of drug-likeness (QED) is 0.798. The molecule has 0 aliphatic heterocycles. The third-order valence-electron chi connectivity index (χ3n) is 3.43. The summed E-state index contributed by atoms with van der Waals surface area (Å²) in [4.78, 5) is 9.91. The SMILES string of the molecule is CN(Cc1nc(-c2ccc3cc[nH]c3c2)no1)CC(C)(C)C. The minimum atomic E-state index is 0.246. The van der Waals surface area contributed by atoms with E-state index in [0.29, 0.717) is 18.3 Å². The molecule has 0 aliphatic carbocycles. The molecule has 1 aromatic carbocycles. The first-order valence-corrected chi connectivity index (χ1v) is 7.49. The fourth-order valence-electron chi connectivity index (χ4n) is 2.72. The number of rotatable bonds is 4. The molecule has 2 heterocycles. The average molecular weight is 298 g/mol. The smallest absolute Gasteiger partial charge is 0.241 e. The molecule has 0 radical (unpaired) electrons. The number of aromatic amines is 1. The minimum Gasteiger partial charge on any atom is -0.361 e. The Morgan fingerprint density at radius 3 is 2.82 bits per heavy atom. The Hall–Kier alpha value is -2.14. The summed E-state index contributed by atoms with van der Waals surface area (Å²) in [5.74, 6) is 1.28. The summed E-state index contributed by atoms with van der Waals surface area (Å²) < 4.78 is 5.38. The molecule has 3 rings (SSSR count). The van der Waals surface area contributed by atoms with Crippen LogP contribution in [0, 0.1) is 5.41 Å². The van der Waals surface area contributed by atoms with Crippen molar-refractivity contribution in [1.29, 1.82) is 0 Å². The van der Waals surface area contributed by atoms with Gasteiger partial charge in [0.15, 0.2) is 0 Å². The maximum atomic E-state index is 5.38. The summed E-state index contributed by atoms with van der Waals surface area (Å²) in [6.45, 7) is 8.28. The lowest BCUT2D eigenvalue weighted by molar-refractivity contribution is 0.198. The predicted molar refractivity (Wildman–Crippen MR) is 87.4 cm³/mol. The Balaban J connectivity index is 1.75. The van der Waals surface area contributed by atoms with Crippen molar-refractivity contribution >= 4 is 10.9 Å². The van der Waals surface area contributed by atoms with Crippen molar-refractivity contribution in [3.05, 3.63) is 36.4 Å². The van der Waals surface area contributed by atoms with Gasteiger partial charge in [-0.15, -0.1) is 0 Å². The summed E-state index contributed by atoms with van der Waals surface area (Å²) in [7, 11) is 2.07. The lowest BCUT2D eigenvalue weighted by Crippen LogP contribution is -2.28. The fourth-order valence-corrected chi connectivity index (χ4v) is 2.72. The third-order valence-corrected chi connectivity index (χ3v) is 3.43. The Labute approximate surface area is 130 Å². The number of hydrogen-bond donors (Lipinski definition) is 1. The molecule has 5 heteroatoms. The van der Waals surface area contributed by atoms with Crippen LogP contribution in [0.25, 0.3) is 22.3 Å². The highest BCUT2D eigenvalue weighted by Crippen LogP contribution is 2.22. The van der Waals surface area contributed by atoms with Gasteiger partial charge in [0.05, 0.1) is 6.54 Å². The van der Waals surface area contributed by atoms with Crippen LogP contribution in [0.3, 0.4) is 0 Å². The number of nitrogens with one attached hydrogen (secondary N) is 1. The van der Waals surface area contributed by atoms with Gasteiger partial charge in [-0.3, -0.25) is 4.90 Å². The van der Waals surface area contributed by atoms with Gasteiger partial charge in [-0.25, -0.2) is 0 Å². The molecule has 0 unspecified atom stereocenters. The summed E-state index contributed by atoms with van der Waals surface area (Å²) in [5.41, 5.74) is 2.29. The minimum absolute atomic E-state index is 0.246. The molecule has 3 aromatic rings. The van der Waals surface area contributed by atoms with E-state index in [9.17, 15) is 0 Å². The van der Waals surface area contributed by atoms with Crippen molar-refractivity contribution < 1.29 is 4.52 Å².